The zero-order chi connectivity index (χ0) is 23.3. The molecule has 1 aliphatic rings. The highest BCUT2D eigenvalue weighted by Gasteiger charge is 2.26. The number of phenols is 2. The van der Waals surface area contributed by atoms with E-state index in [0.717, 1.165) is 37.8 Å². The molecule has 0 unspecified atom stereocenters. The number of sulfonamides is 1. The second kappa shape index (κ2) is 10.2. The molecule has 3 N–H and O–H groups in total. The van der Waals surface area contributed by atoms with Crippen molar-refractivity contribution in [2.75, 3.05) is 25.0 Å². The quantitative estimate of drug-likeness (QED) is 0.538. The summed E-state index contributed by atoms with van der Waals surface area (Å²) in [6, 6.07) is 7.33. The highest BCUT2D eigenvalue weighted by Crippen LogP contribution is 2.28. The predicted molar refractivity (Wildman–Crippen MR) is 117 cm³/mol. The molecule has 2 aromatic rings. The molecule has 0 saturated carbocycles. The van der Waals surface area contributed by atoms with Gasteiger partial charge in [-0.05, 0) is 43.2 Å². The maximum absolute atomic E-state index is 13.0. The first kappa shape index (κ1) is 23.8. The van der Waals surface area contributed by atoms with E-state index in [4.69, 9.17) is 16.3 Å². The van der Waals surface area contributed by atoms with E-state index in [1.807, 2.05) is 0 Å². The molecule has 0 bridgehead atoms. The van der Waals surface area contributed by atoms with Crippen LogP contribution in [-0.4, -0.2) is 54.5 Å². The number of hydrogen-bond acceptors (Lipinski definition) is 7. The van der Waals surface area contributed by atoms with Gasteiger partial charge in [0, 0.05) is 19.2 Å². The summed E-state index contributed by atoms with van der Waals surface area (Å²) in [5, 5.41) is 21.5. The van der Waals surface area contributed by atoms with Crippen LogP contribution in [0.3, 0.4) is 0 Å². The van der Waals surface area contributed by atoms with Gasteiger partial charge in [-0.25, -0.2) is 13.2 Å². The van der Waals surface area contributed by atoms with Crippen molar-refractivity contribution < 1.29 is 33.0 Å². The summed E-state index contributed by atoms with van der Waals surface area (Å²) in [5.74, 6) is -2.45. The molecule has 1 fully saturated rings. The van der Waals surface area contributed by atoms with Gasteiger partial charge in [0.15, 0.2) is 6.61 Å². The maximum atomic E-state index is 13.0. The van der Waals surface area contributed by atoms with Crippen LogP contribution in [0.2, 0.25) is 5.02 Å². The van der Waals surface area contributed by atoms with Gasteiger partial charge in [0.2, 0.25) is 10.0 Å². The molecule has 9 nitrogen and oxygen atoms in total. The lowest BCUT2D eigenvalue weighted by molar-refractivity contribution is -0.119. The van der Waals surface area contributed by atoms with Crippen LogP contribution in [0.15, 0.2) is 41.3 Å². The lowest BCUT2D eigenvalue weighted by Gasteiger charge is -2.20. The molecule has 0 radical (unpaired) electrons. The Balaban J connectivity index is 1.67. The number of ether oxygens (including phenoxy) is 1. The maximum Gasteiger partial charge on any atom is 0.342 e. The van der Waals surface area contributed by atoms with Crippen LogP contribution in [0.25, 0.3) is 0 Å². The smallest absolute Gasteiger partial charge is 0.342 e. The molecular formula is C21H23ClN2O7S. The molecule has 0 aromatic heterocycles. The van der Waals surface area contributed by atoms with Crippen LogP contribution < -0.4 is 5.32 Å². The van der Waals surface area contributed by atoms with Crippen LogP contribution in [-0.2, 0) is 19.6 Å². The molecule has 1 amide bonds. The van der Waals surface area contributed by atoms with E-state index in [-0.39, 0.29) is 26.9 Å². The van der Waals surface area contributed by atoms with Crippen LogP contribution in [0, 0.1) is 0 Å². The Morgan fingerprint density at radius 3 is 2.38 bits per heavy atom. The zero-order valence-corrected chi connectivity index (χ0v) is 18.7. The van der Waals surface area contributed by atoms with Gasteiger partial charge < -0.3 is 20.3 Å². The van der Waals surface area contributed by atoms with E-state index in [1.165, 1.54) is 28.6 Å². The van der Waals surface area contributed by atoms with E-state index >= 15 is 0 Å². The Hall–Kier alpha value is -2.82. The monoisotopic (exact) mass is 482 g/mol. The van der Waals surface area contributed by atoms with Crippen molar-refractivity contribution in [2.24, 2.45) is 0 Å². The Morgan fingerprint density at radius 1 is 1.03 bits per heavy atom. The van der Waals surface area contributed by atoms with Gasteiger partial charge in [-0.1, -0.05) is 24.4 Å². The summed E-state index contributed by atoms with van der Waals surface area (Å²) >= 11 is 6.11. The van der Waals surface area contributed by atoms with Gasteiger partial charge >= 0.3 is 5.97 Å². The van der Waals surface area contributed by atoms with Crippen LogP contribution in [0.5, 0.6) is 11.5 Å². The number of benzene rings is 2. The molecule has 3 rings (SSSR count). The number of hydrogen-bond donors (Lipinski definition) is 3. The Labute approximate surface area is 190 Å². The molecule has 172 valence electrons. The molecular weight excluding hydrogens is 460 g/mol. The summed E-state index contributed by atoms with van der Waals surface area (Å²) < 4.78 is 32.3. The Kier molecular flexibility index (Phi) is 7.60. The summed E-state index contributed by atoms with van der Waals surface area (Å²) in [7, 11) is -3.74. The average molecular weight is 483 g/mol. The number of nitrogens with one attached hydrogen (secondary N) is 1. The first-order valence-corrected chi connectivity index (χ1v) is 11.8. The number of phenolic OH excluding ortho intramolecular Hbond substituents is 2. The van der Waals surface area contributed by atoms with E-state index in [2.05, 4.69) is 5.32 Å². The molecule has 0 aliphatic carbocycles. The lowest BCUT2D eigenvalue weighted by atomic mass is 10.2. The van der Waals surface area contributed by atoms with Crippen molar-refractivity contribution in [1.29, 1.82) is 0 Å². The van der Waals surface area contributed by atoms with E-state index in [0.29, 0.717) is 13.1 Å². The Bertz CT molecular complexity index is 1110. The van der Waals surface area contributed by atoms with Crippen LogP contribution in [0.1, 0.15) is 36.0 Å². The minimum Gasteiger partial charge on any atom is -0.508 e. The van der Waals surface area contributed by atoms with Crippen molar-refractivity contribution in [3.63, 3.8) is 0 Å². The normalized spacial score (nSPS) is 15.0. The molecule has 0 atom stereocenters. The predicted octanol–water partition coefficient (Wildman–Crippen LogP) is 3.11. The molecule has 1 heterocycles. The van der Waals surface area contributed by atoms with Gasteiger partial charge in [-0.3, -0.25) is 4.79 Å². The molecule has 1 aliphatic heterocycles. The molecule has 1 saturated heterocycles. The third-order valence-corrected chi connectivity index (χ3v) is 7.17. The second-order valence-electron chi connectivity index (χ2n) is 7.29. The summed E-state index contributed by atoms with van der Waals surface area (Å²) in [6.45, 7) is 0.179. The standard InChI is InChI=1S/C21H23ClN2O7S/c22-17-8-6-15(32(29,30)24-9-3-1-2-4-10-24)12-18(17)23-20(27)13-31-21(28)16-7-5-14(25)11-19(16)26/h5-8,11-12,25-26H,1-4,9-10,13H2,(H,23,27). The fourth-order valence-corrected chi connectivity index (χ4v) is 4.99. The molecule has 0 spiro atoms. The van der Waals surface area contributed by atoms with Crippen molar-refractivity contribution in [3.8, 4) is 11.5 Å². The average Bonchev–Trinajstić information content (AvgIpc) is 3.04. The number of amides is 1. The minimum absolute atomic E-state index is 0.00473. The van der Waals surface area contributed by atoms with Crippen LogP contribution in [0.4, 0.5) is 5.69 Å². The van der Waals surface area contributed by atoms with Gasteiger partial charge in [-0.15, -0.1) is 0 Å². The van der Waals surface area contributed by atoms with Crippen molar-refractivity contribution in [1.82, 2.24) is 4.31 Å². The first-order valence-electron chi connectivity index (χ1n) is 9.97. The van der Waals surface area contributed by atoms with Crippen LogP contribution >= 0.6 is 11.6 Å². The van der Waals surface area contributed by atoms with Crippen molar-refractivity contribution in [2.45, 2.75) is 30.6 Å². The van der Waals surface area contributed by atoms with E-state index in [9.17, 15) is 28.2 Å². The molecule has 11 heteroatoms. The Morgan fingerprint density at radius 2 is 1.72 bits per heavy atom. The fraction of sp³-hybridized carbons (Fsp3) is 0.333. The largest absolute Gasteiger partial charge is 0.508 e. The number of halogens is 1. The summed E-state index contributed by atoms with van der Waals surface area (Å²) in [5.41, 5.74) is -0.157. The number of aromatic hydroxyl groups is 2. The van der Waals surface area contributed by atoms with Gasteiger partial charge in [0.1, 0.15) is 17.1 Å². The first-order chi connectivity index (χ1) is 15.2. The second-order valence-corrected chi connectivity index (χ2v) is 9.63. The lowest BCUT2D eigenvalue weighted by Crippen LogP contribution is -2.32. The highest BCUT2D eigenvalue weighted by atomic mass is 35.5. The number of rotatable bonds is 6. The fourth-order valence-electron chi connectivity index (χ4n) is 3.28. The van der Waals surface area contributed by atoms with E-state index < -0.39 is 34.3 Å². The number of carbonyl (C=O) groups is 2. The van der Waals surface area contributed by atoms with Crippen molar-refractivity contribution in [3.05, 3.63) is 47.0 Å². The third-order valence-electron chi connectivity index (χ3n) is 4.95. The number of esters is 1. The topological polar surface area (TPSA) is 133 Å². The number of carbonyl (C=O) groups excluding carboxylic acids is 2. The third kappa shape index (κ3) is 5.70. The summed E-state index contributed by atoms with van der Waals surface area (Å²) in [4.78, 5) is 24.3. The van der Waals surface area contributed by atoms with Gasteiger partial charge in [0.05, 0.1) is 15.6 Å². The zero-order valence-electron chi connectivity index (χ0n) is 17.1. The number of anilines is 1. The van der Waals surface area contributed by atoms with Crippen molar-refractivity contribution >= 4 is 39.2 Å². The van der Waals surface area contributed by atoms with Gasteiger partial charge in [0.25, 0.3) is 5.91 Å². The number of nitrogens with zero attached hydrogens (tertiary/aromatic N) is 1. The van der Waals surface area contributed by atoms with E-state index in [1.54, 1.807) is 0 Å². The molecule has 32 heavy (non-hydrogen) atoms. The molecule has 2 aromatic carbocycles. The highest BCUT2D eigenvalue weighted by molar-refractivity contribution is 7.89. The SMILES string of the molecule is O=C(COC(=O)c1ccc(O)cc1O)Nc1cc(S(=O)(=O)N2CCCCCC2)ccc1Cl. The minimum atomic E-state index is -3.74. The van der Waals surface area contributed by atoms with Gasteiger partial charge in [-0.2, -0.15) is 4.31 Å². The summed E-state index contributed by atoms with van der Waals surface area (Å²) in [6.07, 6.45) is 3.54.